The molecule has 12 heteroatoms. The minimum atomic E-state index is -0.964. The number of carboxylic acids is 1. The van der Waals surface area contributed by atoms with E-state index in [0.29, 0.717) is 49.0 Å². The fraction of sp³-hybridized carbons (Fsp3) is 0.379. The SMILES string of the molecule is O=C(O)c1ccc2nc(CN3CCN(c4ccc(=O)n(CCc5ccc(Cl)cc5F)n4)CC3)n(C[C@@H]3CCO3)c2c1. The minimum Gasteiger partial charge on any atom is -0.478 e. The maximum absolute atomic E-state index is 14.2. The number of halogens is 2. The summed E-state index contributed by atoms with van der Waals surface area (Å²) in [6.07, 6.45) is 1.41. The maximum Gasteiger partial charge on any atom is 0.335 e. The van der Waals surface area contributed by atoms with Crippen LogP contribution in [0.1, 0.15) is 28.2 Å². The number of anilines is 1. The van der Waals surface area contributed by atoms with Crippen molar-refractivity contribution < 1.29 is 19.0 Å². The van der Waals surface area contributed by atoms with Crippen LogP contribution in [0.4, 0.5) is 10.2 Å². The third-order valence-electron chi connectivity index (χ3n) is 7.78. The first-order valence-electron chi connectivity index (χ1n) is 13.7. The molecule has 214 valence electrons. The van der Waals surface area contributed by atoms with Gasteiger partial charge in [0.25, 0.3) is 5.56 Å². The molecule has 2 saturated heterocycles. The highest BCUT2D eigenvalue weighted by Gasteiger charge is 2.25. The van der Waals surface area contributed by atoms with Crippen molar-refractivity contribution in [3.8, 4) is 0 Å². The molecule has 1 N–H and O–H groups in total. The highest BCUT2D eigenvalue weighted by molar-refractivity contribution is 6.30. The second-order valence-electron chi connectivity index (χ2n) is 10.4. The van der Waals surface area contributed by atoms with Crippen LogP contribution < -0.4 is 10.5 Å². The van der Waals surface area contributed by atoms with Gasteiger partial charge in [-0.2, -0.15) is 5.10 Å². The topological polar surface area (TPSA) is 106 Å². The van der Waals surface area contributed by atoms with Gasteiger partial charge in [-0.3, -0.25) is 9.69 Å². The Balaban J connectivity index is 1.13. The number of aromatic carboxylic acids is 1. The second kappa shape index (κ2) is 11.6. The van der Waals surface area contributed by atoms with E-state index in [2.05, 4.69) is 19.5 Å². The molecular weight excluding hydrogens is 551 g/mol. The molecule has 0 amide bonds. The number of carbonyl (C=O) groups is 1. The first kappa shape index (κ1) is 27.4. The van der Waals surface area contributed by atoms with Crippen LogP contribution in [0.15, 0.2) is 53.3 Å². The largest absolute Gasteiger partial charge is 0.478 e. The molecule has 6 rings (SSSR count). The summed E-state index contributed by atoms with van der Waals surface area (Å²) >= 11 is 5.85. The van der Waals surface area contributed by atoms with Crippen LogP contribution in [0.5, 0.6) is 0 Å². The van der Waals surface area contributed by atoms with Gasteiger partial charge in [-0.1, -0.05) is 17.7 Å². The molecular formula is C29H30ClFN6O4. The average molecular weight is 581 g/mol. The average Bonchev–Trinajstić information content (AvgIpc) is 3.27. The predicted octanol–water partition coefficient (Wildman–Crippen LogP) is 3.44. The second-order valence-corrected chi connectivity index (χ2v) is 10.9. The standard InChI is InChI=1S/C29H30ClFN6O4/c30-21-3-1-19(23(31)16-21)7-9-37-28(38)6-5-26(33-37)35-12-10-34(11-13-35)18-27-32-24-4-2-20(29(39)40)15-25(24)36(27)17-22-8-14-41-22/h1-6,15-16,22H,7-14,17-18H2,(H,39,40)/t22-/m0/s1. The molecule has 41 heavy (non-hydrogen) atoms. The number of hydrogen-bond donors (Lipinski definition) is 1. The number of benzene rings is 2. The lowest BCUT2D eigenvalue weighted by Crippen LogP contribution is -2.47. The molecule has 2 aliphatic heterocycles. The number of rotatable bonds is 9. The van der Waals surface area contributed by atoms with E-state index in [-0.39, 0.29) is 23.8 Å². The molecule has 0 radical (unpaired) electrons. The van der Waals surface area contributed by atoms with Gasteiger partial charge in [0.15, 0.2) is 0 Å². The summed E-state index contributed by atoms with van der Waals surface area (Å²) in [4.78, 5) is 33.3. The van der Waals surface area contributed by atoms with Gasteiger partial charge in [-0.15, -0.1) is 0 Å². The van der Waals surface area contributed by atoms with Gasteiger partial charge in [-0.05, 0) is 54.8 Å². The van der Waals surface area contributed by atoms with E-state index in [9.17, 15) is 19.1 Å². The highest BCUT2D eigenvalue weighted by atomic mass is 35.5. The number of ether oxygens (including phenoxy) is 1. The molecule has 4 heterocycles. The maximum atomic E-state index is 14.2. The number of fused-ring (bicyclic) bond motifs is 1. The molecule has 4 aromatic rings. The Morgan fingerprint density at radius 2 is 1.90 bits per heavy atom. The Bertz CT molecular complexity index is 1640. The van der Waals surface area contributed by atoms with E-state index in [1.165, 1.54) is 16.8 Å². The molecule has 10 nitrogen and oxygen atoms in total. The van der Waals surface area contributed by atoms with Gasteiger partial charge >= 0.3 is 5.97 Å². The minimum absolute atomic E-state index is 0.106. The summed E-state index contributed by atoms with van der Waals surface area (Å²) < 4.78 is 23.3. The smallest absolute Gasteiger partial charge is 0.335 e. The van der Waals surface area contributed by atoms with Gasteiger partial charge in [0.1, 0.15) is 17.5 Å². The zero-order valence-corrected chi connectivity index (χ0v) is 23.1. The van der Waals surface area contributed by atoms with Crippen molar-refractivity contribution in [1.29, 1.82) is 0 Å². The molecule has 2 fully saturated rings. The van der Waals surface area contributed by atoms with Gasteiger partial charge in [0, 0.05) is 50.4 Å². The van der Waals surface area contributed by atoms with Crippen LogP contribution in [0.2, 0.25) is 5.02 Å². The zero-order chi connectivity index (χ0) is 28.5. The van der Waals surface area contributed by atoms with Crippen molar-refractivity contribution in [2.24, 2.45) is 0 Å². The van der Waals surface area contributed by atoms with E-state index in [0.717, 1.165) is 43.0 Å². The van der Waals surface area contributed by atoms with Gasteiger partial charge in [0.05, 0.1) is 35.8 Å². The third kappa shape index (κ3) is 5.97. The van der Waals surface area contributed by atoms with E-state index < -0.39 is 11.8 Å². The fourth-order valence-corrected chi connectivity index (χ4v) is 5.47. The first-order chi connectivity index (χ1) is 19.8. The summed E-state index contributed by atoms with van der Waals surface area (Å²) in [5, 5.41) is 14.4. The number of piperazine rings is 1. The van der Waals surface area contributed by atoms with Crippen molar-refractivity contribution in [3.05, 3.63) is 86.7 Å². The molecule has 0 saturated carbocycles. The molecule has 2 aliphatic rings. The number of carboxylic acid groups (broad SMARTS) is 1. The van der Waals surface area contributed by atoms with E-state index in [1.807, 2.05) is 0 Å². The molecule has 0 bridgehead atoms. The normalized spacial score (nSPS) is 17.6. The quantitative estimate of drug-likeness (QED) is 0.321. The Labute approximate surface area is 240 Å². The Morgan fingerprint density at radius 1 is 1.10 bits per heavy atom. The summed E-state index contributed by atoms with van der Waals surface area (Å²) in [7, 11) is 0. The van der Waals surface area contributed by atoms with Crippen LogP contribution in [-0.4, -0.2) is 74.2 Å². The lowest BCUT2D eigenvalue weighted by atomic mass is 10.1. The van der Waals surface area contributed by atoms with E-state index >= 15 is 0 Å². The highest BCUT2D eigenvalue weighted by Crippen LogP contribution is 2.24. The summed E-state index contributed by atoms with van der Waals surface area (Å²) in [5.41, 5.74) is 2.06. The lowest BCUT2D eigenvalue weighted by molar-refractivity contribution is -0.0592. The summed E-state index contributed by atoms with van der Waals surface area (Å²) in [6.45, 7) is 5.22. The number of imidazole rings is 1. The van der Waals surface area contributed by atoms with E-state index in [1.54, 1.807) is 36.4 Å². The fourth-order valence-electron chi connectivity index (χ4n) is 5.32. The van der Waals surface area contributed by atoms with Crippen LogP contribution in [0.3, 0.4) is 0 Å². The van der Waals surface area contributed by atoms with Crippen molar-refractivity contribution in [2.45, 2.75) is 38.6 Å². The number of nitrogens with zero attached hydrogens (tertiary/aromatic N) is 6. The van der Waals surface area contributed by atoms with Gasteiger partial charge in [-0.25, -0.2) is 18.9 Å². The summed E-state index contributed by atoms with van der Waals surface area (Å²) in [5.74, 6) is 0.229. The molecule has 0 spiro atoms. The Kier molecular flexibility index (Phi) is 7.74. The van der Waals surface area contributed by atoms with Crippen molar-refractivity contribution in [3.63, 3.8) is 0 Å². The third-order valence-corrected chi connectivity index (χ3v) is 8.01. The van der Waals surface area contributed by atoms with Crippen LogP contribution in [0.25, 0.3) is 11.0 Å². The molecule has 2 aromatic heterocycles. The van der Waals surface area contributed by atoms with Gasteiger partial charge in [0.2, 0.25) is 0 Å². The Morgan fingerprint density at radius 3 is 2.61 bits per heavy atom. The molecule has 0 aliphatic carbocycles. The number of hydrogen-bond acceptors (Lipinski definition) is 7. The van der Waals surface area contributed by atoms with E-state index in [4.69, 9.17) is 21.3 Å². The number of aromatic nitrogens is 4. The van der Waals surface area contributed by atoms with Crippen LogP contribution >= 0.6 is 11.6 Å². The van der Waals surface area contributed by atoms with Crippen molar-refractivity contribution in [2.75, 3.05) is 37.7 Å². The first-order valence-corrected chi connectivity index (χ1v) is 14.1. The molecule has 2 aromatic carbocycles. The lowest BCUT2D eigenvalue weighted by Gasteiger charge is -2.35. The number of aryl methyl sites for hydroxylation is 2. The molecule has 0 unspecified atom stereocenters. The zero-order valence-electron chi connectivity index (χ0n) is 22.4. The monoisotopic (exact) mass is 580 g/mol. The Hall–Kier alpha value is -3.80. The van der Waals surface area contributed by atoms with Crippen LogP contribution in [0, 0.1) is 5.82 Å². The van der Waals surface area contributed by atoms with Gasteiger partial charge < -0.3 is 19.3 Å². The predicted molar refractivity (Wildman–Crippen MR) is 152 cm³/mol. The van der Waals surface area contributed by atoms with Crippen LogP contribution in [-0.2, 0) is 30.8 Å². The van der Waals surface area contributed by atoms with Crippen molar-refractivity contribution in [1.82, 2.24) is 24.2 Å². The molecule has 1 atom stereocenters. The summed E-state index contributed by atoms with van der Waals surface area (Å²) in [6, 6.07) is 12.8. The van der Waals surface area contributed by atoms with Crippen molar-refractivity contribution >= 4 is 34.4 Å².